The highest BCUT2D eigenvalue weighted by Crippen LogP contribution is 2.24. The van der Waals surface area contributed by atoms with Crippen molar-refractivity contribution in [1.29, 1.82) is 0 Å². The van der Waals surface area contributed by atoms with Crippen molar-refractivity contribution in [2.75, 3.05) is 0 Å². The van der Waals surface area contributed by atoms with Crippen LogP contribution in [-0.4, -0.2) is 9.78 Å². The highest BCUT2D eigenvalue weighted by molar-refractivity contribution is 9.10. The van der Waals surface area contributed by atoms with Crippen molar-refractivity contribution in [2.45, 2.75) is 13.0 Å². The molecular weight excluding hydrogens is 266 g/mol. The van der Waals surface area contributed by atoms with Crippen LogP contribution in [0.1, 0.15) is 22.9 Å². The van der Waals surface area contributed by atoms with E-state index in [0.717, 1.165) is 15.7 Å². The van der Waals surface area contributed by atoms with E-state index in [0.29, 0.717) is 0 Å². The fraction of sp³-hybridized carbons (Fsp3) is 0.250. The molecule has 0 bridgehead atoms. The van der Waals surface area contributed by atoms with Crippen molar-refractivity contribution >= 4 is 15.9 Å². The van der Waals surface area contributed by atoms with Gasteiger partial charge in [-0.2, -0.15) is 5.10 Å². The molecule has 0 aliphatic rings. The summed E-state index contributed by atoms with van der Waals surface area (Å²) in [6, 6.07) is 7.91. The molecule has 0 amide bonds. The first-order valence-corrected chi connectivity index (χ1v) is 5.88. The Labute approximate surface area is 103 Å². The van der Waals surface area contributed by atoms with Crippen LogP contribution in [0.4, 0.5) is 0 Å². The van der Waals surface area contributed by atoms with Gasteiger partial charge in [0.05, 0.1) is 11.7 Å². The molecule has 0 aliphatic carbocycles. The second kappa shape index (κ2) is 4.39. The van der Waals surface area contributed by atoms with Gasteiger partial charge in [0.2, 0.25) is 0 Å². The lowest BCUT2D eigenvalue weighted by Gasteiger charge is -2.12. The predicted octanol–water partition coefficient (Wildman–Crippen LogP) is 2.54. The van der Waals surface area contributed by atoms with Crippen LogP contribution in [0.15, 0.2) is 34.9 Å². The van der Waals surface area contributed by atoms with Gasteiger partial charge in [-0.25, -0.2) is 0 Å². The molecular formula is C12H14BrN3. The highest BCUT2D eigenvalue weighted by Gasteiger charge is 2.13. The third kappa shape index (κ3) is 2.18. The molecule has 16 heavy (non-hydrogen) atoms. The number of aryl methyl sites for hydroxylation is 2. The lowest BCUT2D eigenvalue weighted by molar-refractivity contribution is 0.714. The number of benzene rings is 1. The van der Waals surface area contributed by atoms with Crippen LogP contribution in [0.25, 0.3) is 0 Å². The third-order valence-electron chi connectivity index (χ3n) is 2.62. The zero-order chi connectivity index (χ0) is 11.7. The molecule has 4 heteroatoms. The molecule has 0 radical (unpaired) electrons. The predicted molar refractivity (Wildman–Crippen MR) is 68.1 cm³/mol. The highest BCUT2D eigenvalue weighted by atomic mass is 79.9. The molecule has 2 N–H and O–H groups in total. The molecule has 0 aliphatic heterocycles. The molecule has 0 saturated heterocycles. The standard InChI is InChI=1S/C12H14BrN3/c1-8-7-9(13)3-4-10(8)12(14)11-5-6-16(2)15-11/h3-7,12H,14H2,1-2H3. The van der Waals surface area contributed by atoms with Gasteiger partial charge in [-0.15, -0.1) is 0 Å². The zero-order valence-electron chi connectivity index (χ0n) is 9.31. The summed E-state index contributed by atoms with van der Waals surface area (Å²) in [5.41, 5.74) is 9.37. The van der Waals surface area contributed by atoms with Crippen LogP contribution in [0, 0.1) is 6.92 Å². The summed E-state index contributed by atoms with van der Waals surface area (Å²) in [7, 11) is 1.89. The van der Waals surface area contributed by atoms with E-state index in [9.17, 15) is 0 Å². The number of aromatic nitrogens is 2. The van der Waals surface area contributed by atoms with E-state index in [1.807, 2.05) is 31.4 Å². The van der Waals surface area contributed by atoms with Crippen molar-refractivity contribution < 1.29 is 0 Å². The quantitative estimate of drug-likeness (QED) is 0.918. The Morgan fingerprint density at radius 3 is 2.69 bits per heavy atom. The van der Waals surface area contributed by atoms with Crippen molar-refractivity contribution in [1.82, 2.24) is 9.78 Å². The average molecular weight is 280 g/mol. The number of rotatable bonds is 2. The monoisotopic (exact) mass is 279 g/mol. The maximum Gasteiger partial charge on any atom is 0.0837 e. The number of nitrogens with zero attached hydrogens (tertiary/aromatic N) is 2. The lowest BCUT2D eigenvalue weighted by Crippen LogP contribution is -2.14. The molecule has 1 heterocycles. The first kappa shape index (κ1) is 11.4. The smallest absolute Gasteiger partial charge is 0.0837 e. The second-order valence-corrected chi connectivity index (χ2v) is 4.81. The van der Waals surface area contributed by atoms with Gasteiger partial charge in [0.25, 0.3) is 0 Å². The third-order valence-corrected chi connectivity index (χ3v) is 3.11. The van der Waals surface area contributed by atoms with Crippen molar-refractivity contribution in [3.05, 3.63) is 51.8 Å². The number of halogens is 1. The normalized spacial score (nSPS) is 12.8. The Morgan fingerprint density at radius 1 is 1.38 bits per heavy atom. The average Bonchev–Trinajstić information content (AvgIpc) is 2.64. The summed E-state index contributed by atoms with van der Waals surface area (Å²) in [5.74, 6) is 0. The van der Waals surface area contributed by atoms with E-state index in [1.54, 1.807) is 4.68 Å². The maximum atomic E-state index is 6.19. The van der Waals surface area contributed by atoms with Gasteiger partial charge in [0, 0.05) is 17.7 Å². The van der Waals surface area contributed by atoms with Crippen molar-refractivity contribution in [3.63, 3.8) is 0 Å². The molecule has 1 aromatic heterocycles. The molecule has 0 saturated carbocycles. The van der Waals surface area contributed by atoms with E-state index in [-0.39, 0.29) is 6.04 Å². The Hall–Kier alpha value is -1.13. The van der Waals surface area contributed by atoms with Gasteiger partial charge in [0.1, 0.15) is 0 Å². The summed E-state index contributed by atoms with van der Waals surface area (Å²) in [6.45, 7) is 2.06. The summed E-state index contributed by atoms with van der Waals surface area (Å²) in [5, 5.41) is 4.33. The summed E-state index contributed by atoms with van der Waals surface area (Å²) >= 11 is 3.45. The van der Waals surface area contributed by atoms with E-state index in [2.05, 4.69) is 34.0 Å². The zero-order valence-corrected chi connectivity index (χ0v) is 10.9. The minimum Gasteiger partial charge on any atom is -0.319 e. The van der Waals surface area contributed by atoms with Crippen LogP contribution in [-0.2, 0) is 7.05 Å². The molecule has 0 spiro atoms. The number of hydrogen-bond acceptors (Lipinski definition) is 2. The van der Waals surface area contributed by atoms with E-state index < -0.39 is 0 Å². The minimum absolute atomic E-state index is 0.158. The molecule has 84 valence electrons. The van der Waals surface area contributed by atoms with E-state index in [1.165, 1.54) is 5.56 Å². The summed E-state index contributed by atoms with van der Waals surface area (Å²) in [6.07, 6.45) is 1.91. The van der Waals surface area contributed by atoms with E-state index >= 15 is 0 Å². The second-order valence-electron chi connectivity index (χ2n) is 3.89. The minimum atomic E-state index is -0.158. The Kier molecular flexibility index (Phi) is 3.12. The van der Waals surface area contributed by atoms with Gasteiger partial charge in [-0.1, -0.05) is 22.0 Å². The molecule has 3 nitrogen and oxygen atoms in total. The molecule has 0 fully saturated rings. The number of hydrogen-bond donors (Lipinski definition) is 1. The molecule has 2 aromatic rings. The Bertz CT molecular complexity index is 505. The summed E-state index contributed by atoms with van der Waals surface area (Å²) in [4.78, 5) is 0. The SMILES string of the molecule is Cc1cc(Br)ccc1C(N)c1ccn(C)n1. The largest absolute Gasteiger partial charge is 0.319 e. The van der Waals surface area contributed by atoms with Crippen molar-refractivity contribution in [2.24, 2.45) is 12.8 Å². The molecule has 1 unspecified atom stereocenters. The van der Waals surface area contributed by atoms with Crippen LogP contribution in [0.5, 0.6) is 0 Å². The topological polar surface area (TPSA) is 43.8 Å². The van der Waals surface area contributed by atoms with Gasteiger partial charge in [-0.3, -0.25) is 4.68 Å². The number of nitrogens with two attached hydrogens (primary N) is 1. The Balaban J connectivity index is 2.37. The van der Waals surface area contributed by atoms with E-state index in [4.69, 9.17) is 5.73 Å². The van der Waals surface area contributed by atoms with Crippen molar-refractivity contribution in [3.8, 4) is 0 Å². The fourth-order valence-electron chi connectivity index (χ4n) is 1.75. The van der Waals surface area contributed by atoms with Crippen LogP contribution >= 0.6 is 15.9 Å². The van der Waals surface area contributed by atoms with Crippen LogP contribution in [0.2, 0.25) is 0 Å². The van der Waals surface area contributed by atoms with Crippen LogP contribution < -0.4 is 5.73 Å². The maximum absolute atomic E-state index is 6.19. The molecule has 2 rings (SSSR count). The summed E-state index contributed by atoms with van der Waals surface area (Å²) < 4.78 is 2.84. The fourth-order valence-corrected chi connectivity index (χ4v) is 2.22. The Morgan fingerprint density at radius 2 is 2.12 bits per heavy atom. The first-order chi connectivity index (χ1) is 7.58. The lowest BCUT2D eigenvalue weighted by atomic mass is 10.00. The van der Waals surface area contributed by atoms with Crippen LogP contribution in [0.3, 0.4) is 0 Å². The first-order valence-electron chi connectivity index (χ1n) is 5.09. The van der Waals surface area contributed by atoms with Gasteiger partial charge in [-0.05, 0) is 36.2 Å². The molecule has 1 aromatic carbocycles. The van der Waals surface area contributed by atoms with Gasteiger partial charge < -0.3 is 5.73 Å². The van der Waals surface area contributed by atoms with Gasteiger partial charge in [0.15, 0.2) is 0 Å². The van der Waals surface area contributed by atoms with Gasteiger partial charge >= 0.3 is 0 Å². The molecule has 1 atom stereocenters.